The Labute approximate surface area is 159 Å². The highest BCUT2D eigenvalue weighted by atomic mass is 127. The van der Waals surface area contributed by atoms with Gasteiger partial charge in [0.25, 0.3) is 10.0 Å². The first kappa shape index (κ1) is 17.6. The summed E-state index contributed by atoms with van der Waals surface area (Å²) in [5, 5.41) is 0.321. The number of rotatable bonds is 3. The van der Waals surface area contributed by atoms with Crippen molar-refractivity contribution in [1.82, 2.24) is 0 Å². The van der Waals surface area contributed by atoms with Crippen molar-refractivity contribution in [2.24, 2.45) is 0 Å². The summed E-state index contributed by atoms with van der Waals surface area (Å²) in [6, 6.07) is 7.86. The molecule has 112 valence electrons. The van der Waals surface area contributed by atoms with Gasteiger partial charge in [-0.3, -0.25) is 4.72 Å². The summed E-state index contributed by atoms with van der Waals surface area (Å²) in [5.41, 5.74) is 0.257. The SMILES string of the molecule is O=S(=O)(Nc1ccc(I)cc1Cl)c1c(Cl)cc(Br)cc1Cl. The van der Waals surface area contributed by atoms with Gasteiger partial charge in [0, 0.05) is 8.04 Å². The van der Waals surface area contributed by atoms with Gasteiger partial charge in [-0.25, -0.2) is 8.42 Å². The highest BCUT2D eigenvalue weighted by Crippen LogP contribution is 2.35. The summed E-state index contributed by atoms with van der Waals surface area (Å²) in [4.78, 5) is -0.191. The minimum Gasteiger partial charge on any atom is -0.278 e. The molecule has 0 bridgehead atoms. The van der Waals surface area contributed by atoms with Crippen molar-refractivity contribution in [3.05, 3.63) is 53.4 Å². The molecule has 0 aliphatic rings. The van der Waals surface area contributed by atoms with Gasteiger partial charge >= 0.3 is 0 Å². The average Bonchev–Trinajstić information content (AvgIpc) is 2.30. The second kappa shape index (κ2) is 6.80. The van der Waals surface area contributed by atoms with Crippen LogP contribution < -0.4 is 4.72 Å². The predicted octanol–water partition coefficient (Wildman–Crippen LogP) is 5.81. The highest BCUT2D eigenvalue weighted by Gasteiger charge is 2.23. The fraction of sp³-hybridized carbons (Fsp3) is 0. The van der Waals surface area contributed by atoms with Crippen LogP contribution >= 0.6 is 73.3 Å². The van der Waals surface area contributed by atoms with E-state index in [1.807, 2.05) is 0 Å². The molecule has 0 radical (unpaired) electrons. The van der Waals surface area contributed by atoms with Crippen LogP contribution in [0.2, 0.25) is 15.1 Å². The summed E-state index contributed by atoms with van der Waals surface area (Å²) < 4.78 is 28.7. The van der Waals surface area contributed by atoms with E-state index in [9.17, 15) is 8.42 Å². The molecule has 21 heavy (non-hydrogen) atoms. The van der Waals surface area contributed by atoms with Crippen LogP contribution in [0.1, 0.15) is 0 Å². The lowest BCUT2D eigenvalue weighted by atomic mass is 10.3. The molecule has 0 heterocycles. The molecule has 3 nitrogen and oxygen atoms in total. The number of hydrogen-bond donors (Lipinski definition) is 1. The Morgan fingerprint density at radius 2 is 1.57 bits per heavy atom. The normalized spacial score (nSPS) is 11.5. The molecule has 0 aliphatic heterocycles. The topological polar surface area (TPSA) is 46.2 Å². The van der Waals surface area contributed by atoms with Gasteiger partial charge < -0.3 is 0 Å². The van der Waals surface area contributed by atoms with Crippen LogP contribution in [0.3, 0.4) is 0 Å². The van der Waals surface area contributed by atoms with E-state index < -0.39 is 10.0 Å². The van der Waals surface area contributed by atoms with Crippen molar-refractivity contribution in [2.75, 3.05) is 4.72 Å². The third-order valence-corrected chi connectivity index (χ3v) is 6.13. The van der Waals surface area contributed by atoms with Crippen molar-refractivity contribution in [1.29, 1.82) is 0 Å². The number of benzene rings is 2. The molecule has 0 atom stereocenters. The Balaban J connectivity index is 2.48. The first-order chi connectivity index (χ1) is 9.70. The minimum absolute atomic E-state index is 0.0171. The van der Waals surface area contributed by atoms with Crippen LogP contribution in [-0.2, 0) is 10.0 Å². The summed E-state index contributed by atoms with van der Waals surface area (Å²) in [5.74, 6) is 0. The molecule has 2 rings (SSSR count). The summed E-state index contributed by atoms with van der Waals surface area (Å²) in [6.07, 6.45) is 0. The number of anilines is 1. The zero-order valence-electron chi connectivity index (χ0n) is 10.0. The lowest BCUT2D eigenvalue weighted by Crippen LogP contribution is -2.14. The molecule has 2 aromatic rings. The smallest absolute Gasteiger partial charge is 0.264 e. The molecule has 0 saturated carbocycles. The molecular weight excluding hydrogens is 535 g/mol. The standard InChI is InChI=1S/C12H6BrCl3INO2S/c13-6-3-9(15)12(10(16)4-6)21(19,20)18-11-2-1-7(17)5-8(11)14/h1-5,18H. The van der Waals surface area contributed by atoms with E-state index in [0.717, 1.165) is 3.57 Å². The molecule has 0 spiro atoms. The number of hydrogen-bond acceptors (Lipinski definition) is 2. The van der Waals surface area contributed by atoms with Gasteiger partial charge in [0.1, 0.15) is 4.90 Å². The van der Waals surface area contributed by atoms with Gasteiger partial charge in [0.15, 0.2) is 0 Å². The van der Waals surface area contributed by atoms with Crippen molar-refractivity contribution in [3.63, 3.8) is 0 Å². The van der Waals surface area contributed by atoms with Crippen molar-refractivity contribution in [2.45, 2.75) is 4.90 Å². The maximum atomic E-state index is 12.4. The summed E-state index contributed by atoms with van der Waals surface area (Å²) in [6.45, 7) is 0. The van der Waals surface area contributed by atoms with Crippen LogP contribution in [0.25, 0.3) is 0 Å². The van der Waals surface area contributed by atoms with Crippen LogP contribution in [0.5, 0.6) is 0 Å². The van der Waals surface area contributed by atoms with Crippen LogP contribution in [0.4, 0.5) is 5.69 Å². The molecular formula is C12H6BrCl3INO2S. The Morgan fingerprint density at radius 3 is 2.10 bits per heavy atom. The predicted molar refractivity (Wildman–Crippen MR) is 99.1 cm³/mol. The van der Waals surface area contributed by atoms with Gasteiger partial charge in [-0.15, -0.1) is 0 Å². The van der Waals surface area contributed by atoms with Gasteiger partial charge in [-0.2, -0.15) is 0 Å². The van der Waals surface area contributed by atoms with Crippen molar-refractivity contribution in [3.8, 4) is 0 Å². The zero-order valence-corrected chi connectivity index (χ0v) is 16.8. The Hall–Kier alpha value is 0.270. The van der Waals surface area contributed by atoms with Crippen LogP contribution in [0, 0.1) is 3.57 Å². The summed E-state index contributed by atoms with van der Waals surface area (Å²) in [7, 11) is -3.95. The van der Waals surface area contributed by atoms with Crippen molar-refractivity contribution >= 4 is 89.0 Å². The molecule has 0 aliphatic carbocycles. The summed E-state index contributed by atoms with van der Waals surface area (Å²) >= 11 is 23.3. The maximum absolute atomic E-state index is 12.4. The molecule has 2 aromatic carbocycles. The molecule has 0 saturated heterocycles. The Morgan fingerprint density at radius 1 is 1.00 bits per heavy atom. The van der Waals surface area contributed by atoms with Crippen molar-refractivity contribution < 1.29 is 8.42 Å². The number of sulfonamides is 1. The van der Waals surface area contributed by atoms with Crippen LogP contribution in [0.15, 0.2) is 39.7 Å². The quantitative estimate of drug-likeness (QED) is 0.499. The van der Waals surface area contributed by atoms with Gasteiger partial charge in [0.2, 0.25) is 0 Å². The van der Waals surface area contributed by atoms with Gasteiger partial charge in [-0.05, 0) is 52.9 Å². The molecule has 0 aromatic heterocycles. The van der Waals surface area contributed by atoms with E-state index in [1.54, 1.807) is 18.2 Å². The molecule has 9 heteroatoms. The molecule has 0 fully saturated rings. The fourth-order valence-electron chi connectivity index (χ4n) is 1.55. The van der Waals surface area contributed by atoms with Crippen LogP contribution in [-0.4, -0.2) is 8.42 Å². The molecule has 0 amide bonds. The average molecular weight is 541 g/mol. The lowest BCUT2D eigenvalue weighted by Gasteiger charge is -2.12. The first-order valence-electron chi connectivity index (χ1n) is 5.33. The lowest BCUT2D eigenvalue weighted by molar-refractivity contribution is 0.601. The maximum Gasteiger partial charge on any atom is 0.264 e. The third-order valence-electron chi connectivity index (χ3n) is 2.41. The van der Waals surface area contributed by atoms with E-state index in [0.29, 0.717) is 4.47 Å². The largest absolute Gasteiger partial charge is 0.278 e. The Bertz CT molecular complexity index is 791. The second-order valence-electron chi connectivity index (χ2n) is 3.93. The fourth-order valence-corrected chi connectivity index (χ4v) is 5.53. The second-order valence-corrected chi connectivity index (χ2v) is 8.93. The van der Waals surface area contributed by atoms with E-state index in [1.165, 1.54) is 12.1 Å². The number of nitrogens with one attached hydrogen (secondary N) is 1. The van der Waals surface area contributed by atoms with E-state index >= 15 is 0 Å². The van der Waals surface area contributed by atoms with Gasteiger partial charge in [-0.1, -0.05) is 50.7 Å². The van der Waals surface area contributed by atoms with Gasteiger partial charge in [0.05, 0.1) is 20.8 Å². The van der Waals surface area contributed by atoms with E-state index in [2.05, 4.69) is 43.2 Å². The number of halogens is 5. The van der Waals surface area contributed by atoms with E-state index in [-0.39, 0.29) is 25.7 Å². The highest BCUT2D eigenvalue weighted by molar-refractivity contribution is 14.1. The zero-order chi connectivity index (χ0) is 15.8. The minimum atomic E-state index is -3.95. The monoisotopic (exact) mass is 539 g/mol. The van der Waals surface area contributed by atoms with E-state index in [4.69, 9.17) is 34.8 Å². The third kappa shape index (κ3) is 4.17. The molecule has 1 N–H and O–H groups in total. The molecule has 0 unspecified atom stereocenters. The first-order valence-corrected chi connectivity index (χ1v) is 9.82. The Kier molecular flexibility index (Phi) is 5.71.